The molecule has 0 amide bonds. The van der Waals surface area contributed by atoms with Crippen molar-refractivity contribution in [3.63, 3.8) is 0 Å². The summed E-state index contributed by atoms with van der Waals surface area (Å²) >= 11 is 0. The smallest absolute Gasteiger partial charge is 0.380 e. The predicted octanol–water partition coefficient (Wildman–Crippen LogP) is 4.18. The van der Waals surface area contributed by atoms with Crippen LogP contribution in [0.5, 0.6) is 0 Å². The van der Waals surface area contributed by atoms with E-state index in [0.29, 0.717) is 54.7 Å². The normalized spacial score (nSPS) is 18.4. The second-order valence-corrected chi connectivity index (χ2v) is 9.14. The standard InChI is InChI=1S/C23H23F4N5O2/c1-12(14-4-3-5-16(18(14)24)23(25,26)27)28-20-15-8-17(21(33)29-19(15)13(2)30-31-20)32-7-6-22(9-32)10-34-11-22/h3-5,8,12H,6-7,9-11H2,1-2H3,(H,28,31)(H,29,33)/t12-/m1/s1. The minimum Gasteiger partial charge on any atom is -0.380 e. The molecule has 2 N–H and O–H groups in total. The molecule has 2 aromatic heterocycles. The molecule has 3 aromatic rings. The Kier molecular flexibility index (Phi) is 5.27. The number of nitrogens with zero attached hydrogens (tertiary/aromatic N) is 3. The minimum absolute atomic E-state index is 0.0738. The molecule has 2 saturated heterocycles. The molecule has 34 heavy (non-hydrogen) atoms. The number of fused-ring (bicyclic) bond motifs is 1. The number of halogens is 4. The van der Waals surface area contributed by atoms with E-state index in [1.807, 2.05) is 4.90 Å². The van der Waals surface area contributed by atoms with E-state index in [0.717, 1.165) is 6.42 Å². The lowest BCUT2D eigenvalue weighted by Crippen LogP contribution is -2.45. The van der Waals surface area contributed by atoms with E-state index < -0.39 is 23.6 Å². The second kappa shape index (κ2) is 7.93. The maximum absolute atomic E-state index is 14.7. The molecule has 2 fully saturated rings. The first-order valence-corrected chi connectivity index (χ1v) is 10.9. The Morgan fingerprint density at radius 1 is 1.26 bits per heavy atom. The molecule has 1 atom stereocenters. The van der Waals surface area contributed by atoms with Crippen LogP contribution in [0.2, 0.25) is 0 Å². The zero-order valence-electron chi connectivity index (χ0n) is 18.6. The van der Waals surface area contributed by atoms with Crippen molar-refractivity contribution in [1.29, 1.82) is 0 Å². The van der Waals surface area contributed by atoms with Crippen LogP contribution in [0.1, 0.15) is 36.2 Å². The summed E-state index contributed by atoms with van der Waals surface area (Å²) in [6, 6.07) is 4.04. The van der Waals surface area contributed by atoms with Crippen molar-refractivity contribution in [2.24, 2.45) is 5.41 Å². The molecule has 0 saturated carbocycles. The van der Waals surface area contributed by atoms with Crippen molar-refractivity contribution in [3.05, 3.63) is 57.3 Å². The molecule has 7 nitrogen and oxygen atoms in total. The third kappa shape index (κ3) is 3.77. The minimum atomic E-state index is -4.80. The molecule has 0 bridgehead atoms. The van der Waals surface area contributed by atoms with Gasteiger partial charge in [0, 0.05) is 29.5 Å². The van der Waals surface area contributed by atoms with Crippen LogP contribution in [0, 0.1) is 18.2 Å². The summed E-state index contributed by atoms with van der Waals surface area (Å²) in [5.74, 6) is -1.10. The molecule has 4 heterocycles. The maximum atomic E-state index is 14.7. The van der Waals surface area contributed by atoms with Gasteiger partial charge in [-0.05, 0) is 32.4 Å². The molecule has 2 aliphatic rings. The molecule has 180 valence electrons. The molecule has 0 radical (unpaired) electrons. The van der Waals surface area contributed by atoms with Crippen molar-refractivity contribution in [2.75, 3.05) is 36.5 Å². The first-order valence-electron chi connectivity index (χ1n) is 10.9. The zero-order chi connectivity index (χ0) is 24.3. The van der Waals surface area contributed by atoms with Crippen LogP contribution in [-0.4, -0.2) is 41.5 Å². The topological polar surface area (TPSA) is 83.1 Å². The van der Waals surface area contributed by atoms with Crippen molar-refractivity contribution < 1.29 is 22.3 Å². The lowest BCUT2D eigenvalue weighted by Gasteiger charge is -2.37. The van der Waals surface area contributed by atoms with Gasteiger partial charge in [0.15, 0.2) is 5.82 Å². The molecular weight excluding hydrogens is 454 g/mol. The Bertz CT molecular complexity index is 1320. The van der Waals surface area contributed by atoms with Gasteiger partial charge in [0.1, 0.15) is 11.5 Å². The zero-order valence-corrected chi connectivity index (χ0v) is 18.6. The Balaban J connectivity index is 1.52. The van der Waals surface area contributed by atoms with E-state index in [9.17, 15) is 22.4 Å². The molecule has 1 spiro atoms. The molecule has 0 unspecified atom stereocenters. The van der Waals surface area contributed by atoms with E-state index in [-0.39, 0.29) is 22.4 Å². The van der Waals surface area contributed by atoms with Gasteiger partial charge in [-0.2, -0.15) is 18.3 Å². The molecule has 5 rings (SSSR count). The van der Waals surface area contributed by atoms with Crippen LogP contribution in [0.25, 0.3) is 10.9 Å². The summed E-state index contributed by atoms with van der Waals surface area (Å²) in [4.78, 5) is 17.7. The highest BCUT2D eigenvalue weighted by molar-refractivity contribution is 5.92. The molecular formula is C23H23F4N5O2. The van der Waals surface area contributed by atoms with Crippen LogP contribution in [-0.2, 0) is 10.9 Å². The summed E-state index contributed by atoms with van der Waals surface area (Å²) < 4.78 is 59.5. The second-order valence-electron chi connectivity index (χ2n) is 9.14. The summed E-state index contributed by atoms with van der Waals surface area (Å²) in [5, 5.41) is 11.8. The highest BCUT2D eigenvalue weighted by Crippen LogP contribution is 2.39. The summed E-state index contributed by atoms with van der Waals surface area (Å²) in [6.45, 7) is 6.00. The Morgan fingerprint density at radius 3 is 2.68 bits per heavy atom. The van der Waals surface area contributed by atoms with Gasteiger partial charge in [-0.15, -0.1) is 5.10 Å². The predicted molar refractivity (Wildman–Crippen MR) is 118 cm³/mol. The number of nitrogens with one attached hydrogen (secondary N) is 2. The number of hydrogen-bond donors (Lipinski definition) is 2. The molecule has 11 heteroatoms. The summed E-state index contributed by atoms with van der Waals surface area (Å²) in [7, 11) is 0. The number of ether oxygens (including phenoxy) is 1. The summed E-state index contributed by atoms with van der Waals surface area (Å²) in [6.07, 6.45) is -3.88. The average molecular weight is 477 g/mol. The molecule has 1 aromatic carbocycles. The van der Waals surface area contributed by atoms with Crippen LogP contribution >= 0.6 is 0 Å². The highest BCUT2D eigenvalue weighted by Gasteiger charge is 2.45. The third-order valence-corrected chi connectivity index (χ3v) is 6.69. The monoisotopic (exact) mass is 477 g/mol. The van der Waals surface area contributed by atoms with Crippen molar-refractivity contribution in [1.82, 2.24) is 15.2 Å². The number of rotatable bonds is 4. The largest absolute Gasteiger partial charge is 0.419 e. The fraction of sp³-hybridized carbons (Fsp3) is 0.435. The van der Waals surface area contributed by atoms with Crippen LogP contribution in [0.3, 0.4) is 0 Å². The Hall–Kier alpha value is -3.21. The van der Waals surface area contributed by atoms with Crippen LogP contribution in [0.4, 0.5) is 29.1 Å². The fourth-order valence-electron chi connectivity index (χ4n) is 4.71. The van der Waals surface area contributed by atoms with Gasteiger partial charge in [0.25, 0.3) is 5.56 Å². The van der Waals surface area contributed by atoms with Crippen molar-refractivity contribution in [3.8, 4) is 0 Å². The van der Waals surface area contributed by atoms with E-state index in [1.54, 1.807) is 19.9 Å². The van der Waals surface area contributed by atoms with Gasteiger partial charge in [-0.3, -0.25) is 4.79 Å². The van der Waals surface area contributed by atoms with Gasteiger partial charge in [0.05, 0.1) is 36.0 Å². The Morgan fingerprint density at radius 2 is 2.03 bits per heavy atom. The highest BCUT2D eigenvalue weighted by atomic mass is 19.4. The van der Waals surface area contributed by atoms with Crippen molar-refractivity contribution in [2.45, 2.75) is 32.5 Å². The maximum Gasteiger partial charge on any atom is 0.419 e. The van der Waals surface area contributed by atoms with Gasteiger partial charge in [0.2, 0.25) is 0 Å². The summed E-state index contributed by atoms with van der Waals surface area (Å²) in [5.41, 5.74) is -0.232. The number of hydrogen-bond acceptors (Lipinski definition) is 6. The van der Waals surface area contributed by atoms with E-state index in [4.69, 9.17) is 4.74 Å². The number of pyridine rings is 1. The first-order chi connectivity index (χ1) is 16.1. The lowest BCUT2D eigenvalue weighted by molar-refractivity contribution is -0.140. The molecule has 2 aliphatic heterocycles. The van der Waals surface area contributed by atoms with Crippen molar-refractivity contribution >= 4 is 22.4 Å². The number of alkyl halides is 3. The van der Waals surface area contributed by atoms with Crippen LogP contribution in [0.15, 0.2) is 29.1 Å². The van der Waals surface area contributed by atoms with Crippen LogP contribution < -0.4 is 15.8 Å². The van der Waals surface area contributed by atoms with E-state index in [1.165, 1.54) is 12.1 Å². The Labute approximate surface area is 192 Å². The number of H-pyrrole nitrogens is 1. The number of aromatic amines is 1. The van der Waals surface area contributed by atoms with Gasteiger partial charge < -0.3 is 19.9 Å². The lowest BCUT2D eigenvalue weighted by atomic mass is 9.85. The SMILES string of the molecule is Cc1nnc(N[C@H](C)c2cccc(C(F)(F)F)c2F)c2cc(N3CCC4(COC4)C3)c(=O)[nH]c12. The van der Waals surface area contributed by atoms with E-state index in [2.05, 4.69) is 20.5 Å². The van der Waals surface area contributed by atoms with Gasteiger partial charge >= 0.3 is 6.18 Å². The average Bonchev–Trinajstić information content (AvgIpc) is 3.21. The number of aryl methyl sites for hydroxylation is 1. The third-order valence-electron chi connectivity index (χ3n) is 6.69. The van der Waals surface area contributed by atoms with Gasteiger partial charge in [-0.25, -0.2) is 4.39 Å². The van der Waals surface area contributed by atoms with E-state index >= 15 is 0 Å². The number of benzene rings is 1. The van der Waals surface area contributed by atoms with Gasteiger partial charge in [-0.1, -0.05) is 12.1 Å². The number of aromatic nitrogens is 3. The number of anilines is 2. The quantitative estimate of drug-likeness (QED) is 0.549. The first kappa shape index (κ1) is 22.6. The molecule has 0 aliphatic carbocycles. The fourth-order valence-corrected chi connectivity index (χ4v) is 4.71.